The molecule has 0 amide bonds. The Labute approximate surface area is 121 Å². The first-order valence-electron chi connectivity index (χ1n) is 6.75. The van der Waals surface area contributed by atoms with Crippen LogP contribution in [0.15, 0.2) is 23.0 Å². The molecule has 1 heterocycles. The van der Waals surface area contributed by atoms with Gasteiger partial charge in [0.25, 0.3) is 0 Å². The topological polar surface area (TPSA) is 77.0 Å². The van der Waals surface area contributed by atoms with Crippen LogP contribution in [-0.4, -0.2) is 22.2 Å². The van der Waals surface area contributed by atoms with Crippen molar-refractivity contribution in [1.29, 1.82) is 5.26 Å². The highest BCUT2D eigenvalue weighted by molar-refractivity contribution is 5.78. The Morgan fingerprint density at radius 3 is 2.71 bits per heavy atom. The molecule has 0 saturated heterocycles. The van der Waals surface area contributed by atoms with E-state index in [9.17, 15) is 9.59 Å². The van der Waals surface area contributed by atoms with Crippen LogP contribution in [0.1, 0.15) is 24.4 Å². The Balaban J connectivity index is 2.01. The third-order valence-corrected chi connectivity index (χ3v) is 4.23. The van der Waals surface area contributed by atoms with Gasteiger partial charge in [0.2, 0.25) is 0 Å². The summed E-state index contributed by atoms with van der Waals surface area (Å²) in [5.41, 5.74) is 1.94. The van der Waals surface area contributed by atoms with E-state index in [1.807, 2.05) is 0 Å². The highest BCUT2D eigenvalue weighted by atomic mass is 16.5. The van der Waals surface area contributed by atoms with Crippen LogP contribution in [-0.2, 0) is 16.6 Å². The van der Waals surface area contributed by atoms with Crippen LogP contribution in [0.3, 0.4) is 0 Å². The normalized spacial score (nSPS) is 20.8. The molecular weight excluding hydrogens is 270 g/mol. The molecule has 0 spiro atoms. The molecule has 21 heavy (non-hydrogen) atoms. The van der Waals surface area contributed by atoms with Gasteiger partial charge in [-0.05, 0) is 31.0 Å². The Morgan fingerprint density at radius 1 is 1.38 bits per heavy atom. The van der Waals surface area contributed by atoms with Crippen LogP contribution in [0.5, 0.6) is 0 Å². The van der Waals surface area contributed by atoms with E-state index in [-0.39, 0.29) is 23.6 Å². The molecule has 0 N–H and O–H groups in total. The van der Waals surface area contributed by atoms with E-state index in [1.54, 1.807) is 34.4 Å². The molecule has 0 bridgehead atoms. The zero-order valence-electron chi connectivity index (χ0n) is 11.9. The Kier molecular flexibility index (Phi) is 3.05. The lowest BCUT2D eigenvalue weighted by Gasteiger charge is -2.33. The Hall–Kier alpha value is -2.55. The molecule has 3 rings (SSSR count). The van der Waals surface area contributed by atoms with Crippen LogP contribution in [0.25, 0.3) is 11.0 Å². The van der Waals surface area contributed by atoms with Crippen LogP contribution in [0.2, 0.25) is 0 Å². The lowest BCUT2D eigenvalue weighted by atomic mass is 9.80. The van der Waals surface area contributed by atoms with Crippen LogP contribution >= 0.6 is 0 Å². The molecule has 1 saturated carbocycles. The number of carbonyl (C=O) groups is 1. The maximum absolute atomic E-state index is 12.4. The number of esters is 1. The fourth-order valence-corrected chi connectivity index (χ4v) is 2.94. The number of ether oxygens (including phenoxy) is 1. The molecule has 6 heteroatoms. The van der Waals surface area contributed by atoms with Gasteiger partial charge in [-0.15, -0.1) is 0 Å². The van der Waals surface area contributed by atoms with E-state index >= 15 is 0 Å². The summed E-state index contributed by atoms with van der Waals surface area (Å²) >= 11 is 0. The zero-order valence-corrected chi connectivity index (χ0v) is 11.9. The summed E-state index contributed by atoms with van der Waals surface area (Å²) in [5, 5.41) is 8.96. The summed E-state index contributed by atoms with van der Waals surface area (Å²) in [6.45, 7) is 0. The second-order valence-corrected chi connectivity index (χ2v) is 5.37. The molecule has 108 valence electrons. The average Bonchev–Trinajstić information content (AvgIpc) is 2.70. The average molecular weight is 285 g/mol. The minimum absolute atomic E-state index is 0.0123. The predicted octanol–water partition coefficient (Wildman–Crippen LogP) is 1.34. The largest absolute Gasteiger partial charge is 0.469 e. The van der Waals surface area contributed by atoms with Crippen molar-refractivity contribution in [3.05, 3.63) is 34.2 Å². The molecule has 2 aromatic rings. The van der Waals surface area contributed by atoms with Crippen molar-refractivity contribution in [3.8, 4) is 6.07 Å². The van der Waals surface area contributed by atoms with E-state index in [0.717, 1.165) is 11.0 Å². The number of aryl methyl sites for hydroxylation is 1. The Morgan fingerprint density at radius 2 is 2.10 bits per heavy atom. The van der Waals surface area contributed by atoms with Crippen LogP contribution in [0.4, 0.5) is 0 Å². The summed E-state index contributed by atoms with van der Waals surface area (Å²) < 4.78 is 7.99. The molecule has 0 aliphatic heterocycles. The van der Waals surface area contributed by atoms with Gasteiger partial charge in [-0.25, -0.2) is 4.79 Å². The smallest absolute Gasteiger partial charge is 0.329 e. The molecular formula is C15H15N3O3. The first-order chi connectivity index (χ1) is 10.1. The first kappa shape index (κ1) is 13.4. The highest BCUT2D eigenvalue weighted by Gasteiger charge is 2.38. The van der Waals surface area contributed by atoms with Crippen LogP contribution in [0, 0.1) is 17.2 Å². The minimum Gasteiger partial charge on any atom is -0.469 e. The number of benzene rings is 1. The number of nitriles is 1. The number of fused-ring (bicyclic) bond motifs is 1. The molecule has 1 aliphatic rings. The van der Waals surface area contributed by atoms with Crippen molar-refractivity contribution < 1.29 is 9.53 Å². The van der Waals surface area contributed by atoms with Crippen molar-refractivity contribution in [2.45, 2.75) is 18.9 Å². The number of hydrogen-bond acceptors (Lipinski definition) is 4. The van der Waals surface area contributed by atoms with E-state index in [1.165, 1.54) is 7.11 Å². The molecule has 0 unspecified atom stereocenters. The van der Waals surface area contributed by atoms with Crippen molar-refractivity contribution in [2.24, 2.45) is 13.0 Å². The molecule has 1 fully saturated rings. The maximum Gasteiger partial charge on any atom is 0.329 e. The molecule has 1 aliphatic carbocycles. The number of carbonyl (C=O) groups excluding carboxylic acids is 1. The zero-order chi connectivity index (χ0) is 15.1. The van der Waals surface area contributed by atoms with E-state index in [4.69, 9.17) is 10.00 Å². The number of hydrogen-bond donors (Lipinski definition) is 0. The van der Waals surface area contributed by atoms with Gasteiger partial charge in [0.15, 0.2) is 0 Å². The number of rotatable bonds is 2. The summed E-state index contributed by atoms with van der Waals surface area (Å²) in [5.74, 6) is -0.341. The third-order valence-electron chi connectivity index (χ3n) is 4.23. The molecule has 1 aromatic carbocycles. The van der Waals surface area contributed by atoms with E-state index < -0.39 is 0 Å². The first-order valence-corrected chi connectivity index (χ1v) is 6.75. The van der Waals surface area contributed by atoms with Crippen molar-refractivity contribution in [1.82, 2.24) is 9.13 Å². The van der Waals surface area contributed by atoms with Crippen molar-refractivity contribution in [3.63, 3.8) is 0 Å². The van der Waals surface area contributed by atoms with Gasteiger partial charge < -0.3 is 4.74 Å². The monoisotopic (exact) mass is 285 g/mol. The number of aromatic nitrogens is 2. The summed E-state index contributed by atoms with van der Waals surface area (Å²) in [4.78, 5) is 23.9. The van der Waals surface area contributed by atoms with Crippen molar-refractivity contribution in [2.75, 3.05) is 7.11 Å². The van der Waals surface area contributed by atoms with Gasteiger partial charge in [-0.1, -0.05) is 0 Å². The van der Waals surface area contributed by atoms with Crippen LogP contribution < -0.4 is 5.69 Å². The maximum atomic E-state index is 12.4. The highest BCUT2D eigenvalue weighted by Crippen LogP contribution is 2.39. The molecule has 0 atom stereocenters. The fraction of sp³-hybridized carbons (Fsp3) is 0.400. The van der Waals surface area contributed by atoms with Crippen molar-refractivity contribution >= 4 is 17.0 Å². The molecule has 6 nitrogen and oxygen atoms in total. The standard InChI is InChI=1S/C15H15N3O3/c1-17-13-5-9(8-16)3-4-12(13)18(15(17)20)11-6-10(7-11)14(19)21-2/h3-5,10-11H,6-7H2,1-2H3. The summed E-state index contributed by atoms with van der Waals surface area (Å²) in [6.07, 6.45) is 1.23. The third kappa shape index (κ3) is 1.93. The molecule has 1 aromatic heterocycles. The Bertz CT molecular complexity index is 819. The summed E-state index contributed by atoms with van der Waals surface area (Å²) in [6, 6.07) is 7.30. The van der Waals surface area contributed by atoms with Gasteiger partial charge in [-0.3, -0.25) is 13.9 Å². The van der Waals surface area contributed by atoms with Gasteiger partial charge in [-0.2, -0.15) is 5.26 Å². The number of imidazole rings is 1. The molecule has 0 radical (unpaired) electrons. The quantitative estimate of drug-likeness (QED) is 0.780. The summed E-state index contributed by atoms with van der Waals surface area (Å²) in [7, 11) is 3.07. The number of methoxy groups -OCH3 is 1. The van der Waals surface area contributed by atoms with E-state index in [2.05, 4.69) is 6.07 Å². The SMILES string of the molecule is COC(=O)C1CC(n2c(=O)n(C)c3cc(C#N)ccc32)C1. The van der Waals surface area contributed by atoms with Gasteiger partial charge in [0.1, 0.15) is 0 Å². The lowest BCUT2D eigenvalue weighted by Crippen LogP contribution is -2.37. The van der Waals surface area contributed by atoms with Gasteiger partial charge >= 0.3 is 11.7 Å². The van der Waals surface area contributed by atoms with E-state index in [0.29, 0.717) is 18.4 Å². The van der Waals surface area contributed by atoms with Gasteiger partial charge in [0.05, 0.1) is 35.7 Å². The minimum atomic E-state index is -0.216. The second-order valence-electron chi connectivity index (χ2n) is 5.37. The predicted molar refractivity (Wildman–Crippen MR) is 75.7 cm³/mol. The lowest BCUT2D eigenvalue weighted by molar-refractivity contribution is -0.149. The fourth-order valence-electron chi connectivity index (χ4n) is 2.94. The van der Waals surface area contributed by atoms with Gasteiger partial charge in [0, 0.05) is 13.1 Å². The second kappa shape index (κ2) is 4.77. The number of nitrogens with zero attached hydrogens (tertiary/aromatic N) is 3.